The van der Waals surface area contributed by atoms with Crippen LogP contribution in [0.25, 0.3) is 0 Å². The highest BCUT2D eigenvalue weighted by Gasteiger charge is 2.26. The van der Waals surface area contributed by atoms with Crippen LogP contribution >= 0.6 is 0 Å². The summed E-state index contributed by atoms with van der Waals surface area (Å²) in [4.78, 5) is 14.3. The molecule has 4 N–H and O–H groups in total. The molecule has 1 aromatic carbocycles. The van der Waals surface area contributed by atoms with Crippen molar-refractivity contribution in [1.29, 1.82) is 0 Å². The molecule has 4 heteroatoms. The first-order valence-electron chi connectivity index (χ1n) is 6.41. The van der Waals surface area contributed by atoms with Crippen molar-refractivity contribution in [3.05, 3.63) is 23.8 Å². The third kappa shape index (κ3) is 2.58. The molecule has 1 heterocycles. The van der Waals surface area contributed by atoms with Crippen LogP contribution in [0, 0.1) is 11.8 Å². The van der Waals surface area contributed by atoms with Crippen molar-refractivity contribution >= 4 is 17.3 Å². The largest absolute Gasteiger partial charge is 0.399 e. The van der Waals surface area contributed by atoms with Crippen molar-refractivity contribution in [2.24, 2.45) is 11.8 Å². The highest BCUT2D eigenvalue weighted by molar-refractivity contribution is 5.99. The number of rotatable bonds is 1. The molecule has 0 bridgehead atoms. The minimum Gasteiger partial charge on any atom is -0.399 e. The molecule has 1 saturated heterocycles. The predicted molar refractivity (Wildman–Crippen MR) is 74.1 cm³/mol. The number of piperidine rings is 1. The Hall–Kier alpha value is -1.71. The van der Waals surface area contributed by atoms with Gasteiger partial charge in [0, 0.05) is 24.5 Å². The summed E-state index contributed by atoms with van der Waals surface area (Å²) in [7, 11) is 0. The molecule has 1 aliphatic rings. The van der Waals surface area contributed by atoms with E-state index in [0.29, 0.717) is 28.8 Å². The second-order valence-corrected chi connectivity index (χ2v) is 5.50. The van der Waals surface area contributed by atoms with Crippen LogP contribution in [0.15, 0.2) is 18.2 Å². The fourth-order valence-electron chi connectivity index (χ4n) is 2.78. The molecule has 2 unspecified atom stereocenters. The third-order valence-electron chi connectivity index (χ3n) is 3.46. The lowest BCUT2D eigenvalue weighted by molar-refractivity contribution is 0.0624. The second-order valence-electron chi connectivity index (χ2n) is 5.50. The average Bonchev–Trinajstić information content (AvgIpc) is 2.26. The Bertz CT molecular complexity index is 448. The van der Waals surface area contributed by atoms with E-state index in [2.05, 4.69) is 13.8 Å². The summed E-state index contributed by atoms with van der Waals surface area (Å²) in [6, 6.07) is 5.08. The lowest BCUT2D eigenvalue weighted by Gasteiger charge is -2.35. The molecule has 1 amide bonds. The van der Waals surface area contributed by atoms with Crippen molar-refractivity contribution in [1.82, 2.24) is 4.90 Å². The molecule has 4 nitrogen and oxygen atoms in total. The summed E-state index contributed by atoms with van der Waals surface area (Å²) in [6.07, 6.45) is 1.18. The molecule has 2 rings (SSSR count). The van der Waals surface area contributed by atoms with Crippen LogP contribution in [0.1, 0.15) is 30.6 Å². The van der Waals surface area contributed by atoms with Gasteiger partial charge in [0.25, 0.3) is 5.91 Å². The van der Waals surface area contributed by atoms with Crippen LogP contribution in [0.2, 0.25) is 0 Å². The average molecular weight is 247 g/mol. The normalized spacial score (nSPS) is 24.0. The Morgan fingerprint density at radius 2 is 1.83 bits per heavy atom. The van der Waals surface area contributed by atoms with Gasteiger partial charge >= 0.3 is 0 Å². The Morgan fingerprint density at radius 1 is 1.22 bits per heavy atom. The minimum absolute atomic E-state index is 0.0194. The quantitative estimate of drug-likeness (QED) is 0.745. The second kappa shape index (κ2) is 4.88. The number of benzene rings is 1. The number of carbonyl (C=O) groups excluding carboxylic acids is 1. The molecule has 0 saturated carbocycles. The summed E-state index contributed by atoms with van der Waals surface area (Å²) < 4.78 is 0. The molecule has 0 spiro atoms. The van der Waals surface area contributed by atoms with Crippen LogP contribution in [0.4, 0.5) is 11.4 Å². The number of carbonyl (C=O) groups is 1. The van der Waals surface area contributed by atoms with Crippen molar-refractivity contribution in [3.63, 3.8) is 0 Å². The van der Waals surface area contributed by atoms with Gasteiger partial charge in [0.2, 0.25) is 0 Å². The number of anilines is 2. The Morgan fingerprint density at radius 3 is 2.39 bits per heavy atom. The summed E-state index contributed by atoms with van der Waals surface area (Å²) in [5.74, 6) is 1.12. The highest BCUT2D eigenvalue weighted by Crippen LogP contribution is 2.24. The Kier molecular flexibility index (Phi) is 3.45. The smallest absolute Gasteiger partial charge is 0.255 e. The molecule has 0 aromatic heterocycles. The molecule has 1 aromatic rings. The Balaban J connectivity index is 2.20. The lowest BCUT2D eigenvalue weighted by atomic mass is 9.91. The molecule has 18 heavy (non-hydrogen) atoms. The fraction of sp³-hybridized carbons (Fsp3) is 0.500. The molecular formula is C14H21N3O. The minimum atomic E-state index is 0.0194. The van der Waals surface area contributed by atoms with Crippen LogP contribution in [0.5, 0.6) is 0 Å². The molecule has 2 atom stereocenters. The molecule has 1 aliphatic heterocycles. The lowest BCUT2D eigenvalue weighted by Crippen LogP contribution is -2.42. The van der Waals surface area contributed by atoms with E-state index < -0.39 is 0 Å². The predicted octanol–water partition coefficient (Wildman–Crippen LogP) is 1.97. The van der Waals surface area contributed by atoms with Gasteiger partial charge in [0.15, 0.2) is 0 Å². The van der Waals surface area contributed by atoms with Gasteiger partial charge in [-0.2, -0.15) is 0 Å². The zero-order valence-corrected chi connectivity index (χ0v) is 11.0. The number of nitrogens with two attached hydrogens (primary N) is 2. The summed E-state index contributed by atoms with van der Waals surface area (Å²) in [6.45, 7) is 5.99. The SMILES string of the molecule is CC1CC(C)CN(C(=O)c2ccc(N)cc2N)C1. The summed E-state index contributed by atoms with van der Waals surface area (Å²) in [5, 5.41) is 0. The van der Waals surface area contributed by atoms with Gasteiger partial charge in [-0.15, -0.1) is 0 Å². The Labute approximate surface area is 108 Å². The van der Waals surface area contributed by atoms with E-state index in [0.717, 1.165) is 13.1 Å². The van der Waals surface area contributed by atoms with Crippen molar-refractivity contribution in [2.75, 3.05) is 24.6 Å². The standard InChI is InChI=1S/C14H21N3O/c1-9-5-10(2)8-17(7-9)14(18)12-4-3-11(15)6-13(12)16/h3-4,6,9-10H,5,7-8,15-16H2,1-2H3. The summed E-state index contributed by atoms with van der Waals surface area (Å²) >= 11 is 0. The van der Waals surface area contributed by atoms with Gasteiger partial charge in [-0.3, -0.25) is 4.79 Å². The number of hydrogen-bond acceptors (Lipinski definition) is 3. The zero-order valence-electron chi connectivity index (χ0n) is 11.0. The number of nitrogens with zero attached hydrogens (tertiary/aromatic N) is 1. The first kappa shape index (κ1) is 12.7. The zero-order chi connectivity index (χ0) is 13.3. The van der Waals surface area contributed by atoms with E-state index in [1.165, 1.54) is 6.42 Å². The molecule has 98 valence electrons. The summed E-state index contributed by atoms with van der Waals surface area (Å²) in [5.41, 5.74) is 13.1. The van der Waals surface area contributed by atoms with E-state index in [-0.39, 0.29) is 5.91 Å². The molecule has 0 radical (unpaired) electrons. The maximum Gasteiger partial charge on any atom is 0.255 e. The van der Waals surface area contributed by atoms with Gasteiger partial charge in [-0.25, -0.2) is 0 Å². The van der Waals surface area contributed by atoms with E-state index in [1.54, 1.807) is 18.2 Å². The monoisotopic (exact) mass is 247 g/mol. The van der Waals surface area contributed by atoms with Crippen molar-refractivity contribution < 1.29 is 4.79 Å². The van der Waals surface area contributed by atoms with Crippen LogP contribution in [-0.4, -0.2) is 23.9 Å². The number of amides is 1. The van der Waals surface area contributed by atoms with E-state index in [1.807, 2.05) is 4.90 Å². The fourth-order valence-corrected chi connectivity index (χ4v) is 2.78. The molecule has 1 fully saturated rings. The van der Waals surface area contributed by atoms with Gasteiger partial charge in [0.1, 0.15) is 0 Å². The number of hydrogen-bond donors (Lipinski definition) is 2. The first-order chi connectivity index (χ1) is 8.47. The topological polar surface area (TPSA) is 72.3 Å². The van der Waals surface area contributed by atoms with Gasteiger partial charge in [0.05, 0.1) is 5.56 Å². The first-order valence-corrected chi connectivity index (χ1v) is 6.41. The van der Waals surface area contributed by atoms with Crippen LogP contribution in [0.3, 0.4) is 0 Å². The van der Waals surface area contributed by atoms with Crippen molar-refractivity contribution in [2.45, 2.75) is 20.3 Å². The maximum atomic E-state index is 12.4. The number of nitrogen functional groups attached to an aromatic ring is 2. The van der Waals surface area contributed by atoms with Gasteiger partial charge in [-0.1, -0.05) is 13.8 Å². The van der Waals surface area contributed by atoms with Crippen LogP contribution < -0.4 is 11.5 Å². The van der Waals surface area contributed by atoms with E-state index in [4.69, 9.17) is 11.5 Å². The van der Waals surface area contributed by atoms with Crippen molar-refractivity contribution in [3.8, 4) is 0 Å². The van der Waals surface area contributed by atoms with Crippen LogP contribution in [-0.2, 0) is 0 Å². The van der Waals surface area contributed by atoms with Gasteiger partial charge < -0.3 is 16.4 Å². The third-order valence-corrected chi connectivity index (χ3v) is 3.46. The molecular weight excluding hydrogens is 226 g/mol. The maximum absolute atomic E-state index is 12.4. The van der Waals surface area contributed by atoms with Gasteiger partial charge in [-0.05, 0) is 36.5 Å². The highest BCUT2D eigenvalue weighted by atomic mass is 16.2. The molecule has 0 aliphatic carbocycles. The number of likely N-dealkylation sites (tertiary alicyclic amines) is 1. The van der Waals surface area contributed by atoms with E-state index >= 15 is 0 Å². The van der Waals surface area contributed by atoms with E-state index in [9.17, 15) is 4.79 Å².